The highest BCUT2D eigenvalue weighted by molar-refractivity contribution is 7.45. The number of rotatable bonds is 39. The predicted octanol–water partition coefficient (Wildman–Crippen LogP) is 10.4. The van der Waals surface area contributed by atoms with Gasteiger partial charge in [-0.2, -0.15) is 0 Å². The van der Waals surface area contributed by atoms with E-state index in [-0.39, 0.29) is 32.2 Å². The number of carbonyl (C=O) groups is 2. The van der Waals surface area contributed by atoms with Crippen LogP contribution in [0.2, 0.25) is 0 Å². The monoisotopic (exact) mass is 790 g/mol. The van der Waals surface area contributed by atoms with Crippen LogP contribution in [0.25, 0.3) is 0 Å². The Bertz CT molecular complexity index is 1000. The van der Waals surface area contributed by atoms with E-state index < -0.39 is 32.5 Å². The van der Waals surface area contributed by atoms with Gasteiger partial charge in [-0.3, -0.25) is 19.4 Å². The van der Waals surface area contributed by atoms with Crippen molar-refractivity contribution in [3.63, 3.8) is 0 Å². The Labute approximate surface area is 329 Å². The minimum absolute atomic E-state index is 0.0458. The third kappa shape index (κ3) is 37.3. The van der Waals surface area contributed by atoms with E-state index in [0.717, 1.165) is 77.0 Å². The number of quaternary nitrogens is 1. The molecule has 0 aromatic heterocycles. The van der Waals surface area contributed by atoms with Crippen molar-refractivity contribution in [2.45, 2.75) is 187 Å². The van der Waals surface area contributed by atoms with Gasteiger partial charge in [0, 0.05) is 12.8 Å². The minimum atomic E-state index is -4.64. The number of ether oxygens (including phenoxy) is 2. The van der Waals surface area contributed by atoms with Crippen LogP contribution in [0.15, 0.2) is 24.3 Å². The second-order valence-electron chi connectivity index (χ2n) is 15.6. The van der Waals surface area contributed by atoms with Gasteiger partial charge < -0.3 is 27.9 Å². The minimum Gasteiger partial charge on any atom is -0.756 e. The number of allylic oxidation sites excluding steroid dienone is 3. The first-order chi connectivity index (χ1) is 25.9. The number of unbranched alkanes of at least 4 members (excludes halogenated alkanes) is 19. The Kier molecular flexibility index (Phi) is 34.7. The first-order valence-corrected chi connectivity index (χ1v) is 22.8. The lowest BCUT2D eigenvalue weighted by Crippen LogP contribution is -2.37. The Balaban J connectivity index is 4.48. The number of esters is 2. The maximum absolute atomic E-state index is 12.7. The molecular weight excluding hydrogens is 709 g/mol. The van der Waals surface area contributed by atoms with Gasteiger partial charge in [-0.15, -0.1) is 0 Å². The quantitative estimate of drug-likeness (QED) is 0.0122. The molecule has 0 aliphatic carbocycles. The van der Waals surface area contributed by atoms with Crippen molar-refractivity contribution in [2.24, 2.45) is 0 Å². The van der Waals surface area contributed by atoms with E-state index in [9.17, 15) is 19.0 Å². The molecule has 0 aromatic rings. The molecule has 0 radical (unpaired) electrons. The summed E-state index contributed by atoms with van der Waals surface area (Å²) in [4.78, 5) is 42.0. The molecule has 0 saturated heterocycles. The largest absolute Gasteiger partial charge is 0.756 e. The fourth-order valence-electron chi connectivity index (χ4n) is 5.75. The van der Waals surface area contributed by atoms with E-state index in [2.05, 4.69) is 24.8 Å². The molecule has 54 heavy (non-hydrogen) atoms. The highest BCUT2D eigenvalue weighted by atomic mass is 31.2. The van der Waals surface area contributed by atoms with E-state index in [1.807, 2.05) is 39.4 Å². The molecule has 0 bridgehead atoms. The first kappa shape index (κ1) is 52.4. The number of hydrogen-bond donors (Lipinski definition) is 1. The van der Waals surface area contributed by atoms with Gasteiger partial charge in [-0.25, -0.2) is 4.89 Å². The summed E-state index contributed by atoms with van der Waals surface area (Å²) in [6, 6.07) is 0. The zero-order valence-electron chi connectivity index (χ0n) is 35.0. The van der Waals surface area contributed by atoms with Crippen molar-refractivity contribution in [1.29, 1.82) is 0 Å². The maximum atomic E-state index is 12.7. The van der Waals surface area contributed by atoms with Crippen LogP contribution in [-0.4, -0.2) is 81.4 Å². The lowest BCUT2D eigenvalue weighted by atomic mass is 10.0. The van der Waals surface area contributed by atoms with Gasteiger partial charge in [-0.05, 0) is 32.1 Å². The van der Waals surface area contributed by atoms with Crippen molar-refractivity contribution < 1.29 is 52.2 Å². The molecule has 3 atom stereocenters. The lowest BCUT2D eigenvalue weighted by Gasteiger charge is -2.28. The molecule has 318 valence electrons. The zero-order chi connectivity index (χ0) is 40.2. The average molecular weight is 790 g/mol. The molecule has 0 fully saturated rings. The van der Waals surface area contributed by atoms with Gasteiger partial charge in [0.1, 0.15) is 25.9 Å². The topological polar surface area (TPSA) is 141 Å². The van der Waals surface area contributed by atoms with Crippen molar-refractivity contribution in [3.05, 3.63) is 24.3 Å². The highest BCUT2D eigenvalue weighted by Crippen LogP contribution is 2.38. The van der Waals surface area contributed by atoms with Gasteiger partial charge in [0.25, 0.3) is 7.82 Å². The number of likely N-dealkylation sites (N-methyl/N-ethyl adjacent to an activating group) is 1. The Hall–Kier alpha value is -1.59. The number of phosphoric ester groups is 1. The lowest BCUT2D eigenvalue weighted by molar-refractivity contribution is -0.870. The van der Waals surface area contributed by atoms with Gasteiger partial charge in [-0.1, -0.05) is 154 Å². The summed E-state index contributed by atoms with van der Waals surface area (Å²) in [5.74, 6) is -0.891. The molecule has 0 saturated carbocycles. The third-order valence-electron chi connectivity index (χ3n) is 9.20. The molecule has 0 aliphatic rings. The van der Waals surface area contributed by atoms with Crippen LogP contribution in [0.5, 0.6) is 0 Å². The second kappa shape index (κ2) is 35.8. The van der Waals surface area contributed by atoms with Crippen LogP contribution in [0.3, 0.4) is 0 Å². The highest BCUT2D eigenvalue weighted by Gasteiger charge is 2.21. The van der Waals surface area contributed by atoms with Crippen molar-refractivity contribution in [3.8, 4) is 0 Å². The number of phosphoric acid groups is 1. The molecular formula is C42H80NO10P. The third-order valence-corrected chi connectivity index (χ3v) is 10.2. The van der Waals surface area contributed by atoms with Crippen LogP contribution in [0.1, 0.15) is 174 Å². The number of nitrogens with zero attached hydrogens (tertiary/aromatic N) is 1. The summed E-state index contributed by atoms with van der Waals surface area (Å²) < 4.78 is 33.8. The number of carbonyl (C=O) groups excluding carboxylic acids is 2. The molecule has 0 rings (SSSR count). The van der Waals surface area contributed by atoms with Gasteiger partial charge in [0.05, 0.1) is 27.7 Å². The van der Waals surface area contributed by atoms with Crippen LogP contribution >= 0.6 is 7.82 Å². The molecule has 1 N–H and O–H groups in total. The normalized spacial score (nSPS) is 14.4. The summed E-state index contributed by atoms with van der Waals surface area (Å²) in [6.07, 6.45) is 32.3. The molecule has 0 spiro atoms. The summed E-state index contributed by atoms with van der Waals surface area (Å²) in [7, 11) is 1.11. The van der Waals surface area contributed by atoms with E-state index >= 15 is 0 Å². The van der Waals surface area contributed by atoms with Crippen LogP contribution in [0.4, 0.5) is 0 Å². The van der Waals surface area contributed by atoms with E-state index in [1.165, 1.54) is 64.2 Å². The van der Waals surface area contributed by atoms with Crippen LogP contribution in [0, 0.1) is 0 Å². The standard InChI is InChI=1S/C42H80NO10P/c1-6-8-10-11-12-13-14-15-16-19-22-25-29-33-41(44)49-37-40(38-51-54(47,48)50-36-35-43(3,4)5)52-42(45)34-30-26-23-20-17-18-21-24-28-32-39(53-46)31-27-9-7-2/h21,24,28,32,39-40H,6-20,22-23,25-27,29-31,33-38H2,1-5H3,(H-,46,47,48)/b24-21-,32-28+/t39?,40-/m1/s1. The van der Waals surface area contributed by atoms with Crippen LogP contribution < -0.4 is 4.89 Å². The maximum Gasteiger partial charge on any atom is 0.306 e. The smallest absolute Gasteiger partial charge is 0.306 e. The van der Waals surface area contributed by atoms with Crippen molar-refractivity contribution in [1.82, 2.24) is 0 Å². The predicted molar refractivity (Wildman–Crippen MR) is 216 cm³/mol. The molecule has 0 aromatic carbocycles. The summed E-state index contributed by atoms with van der Waals surface area (Å²) >= 11 is 0. The van der Waals surface area contributed by atoms with E-state index in [4.69, 9.17) is 23.8 Å². The summed E-state index contributed by atoms with van der Waals surface area (Å²) in [5, 5.41) is 9.02. The molecule has 0 heterocycles. The van der Waals surface area contributed by atoms with E-state index in [1.54, 1.807) is 0 Å². The Morgan fingerprint density at radius 2 is 1.20 bits per heavy atom. The SMILES string of the molecule is CCCCCCCCCCCCCCCC(=O)OC[C@H](COP(=O)([O-])OCC[N+](C)(C)C)OC(=O)CCCCCCC/C=C\C=C\C(CCCCC)OO. The van der Waals surface area contributed by atoms with Gasteiger partial charge in [0.2, 0.25) is 0 Å². The second-order valence-corrected chi connectivity index (χ2v) is 17.0. The average Bonchev–Trinajstić information content (AvgIpc) is 3.12. The molecule has 0 aliphatic heterocycles. The zero-order valence-corrected chi connectivity index (χ0v) is 35.9. The van der Waals surface area contributed by atoms with Crippen LogP contribution in [-0.2, 0) is 37.6 Å². The van der Waals surface area contributed by atoms with Gasteiger partial charge in [0.15, 0.2) is 6.10 Å². The van der Waals surface area contributed by atoms with Crippen molar-refractivity contribution in [2.75, 3.05) is 47.5 Å². The molecule has 2 unspecified atom stereocenters. The summed E-state index contributed by atoms with van der Waals surface area (Å²) in [6.45, 7) is 4.03. The fraction of sp³-hybridized carbons (Fsp3) is 0.857. The van der Waals surface area contributed by atoms with E-state index in [0.29, 0.717) is 17.4 Å². The summed E-state index contributed by atoms with van der Waals surface area (Å²) in [5.41, 5.74) is 0. The van der Waals surface area contributed by atoms with Gasteiger partial charge >= 0.3 is 11.9 Å². The molecule has 12 heteroatoms. The van der Waals surface area contributed by atoms with Crippen molar-refractivity contribution >= 4 is 19.8 Å². The Morgan fingerprint density at radius 3 is 1.76 bits per heavy atom. The molecule has 11 nitrogen and oxygen atoms in total. The number of hydrogen-bond acceptors (Lipinski definition) is 10. The molecule has 0 amide bonds. The first-order valence-electron chi connectivity index (χ1n) is 21.3. The Morgan fingerprint density at radius 1 is 0.685 bits per heavy atom. The fourth-order valence-corrected chi connectivity index (χ4v) is 6.48.